The Morgan fingerprint density at radius 2 is 1.91 bits per heavy atom. The second-order valence-electron chi connectivity index (χ2n) is 9.23. The van der Waals surface area contributed by atoms with Gasteiger partial charge in [0.1, 0.15) is 17.4 Å². The topological polar surface area (TPSA) is 93.3 Å². The highest BCUT2D eigenvalue weighted by molar-refractivity contribution is 5.99. The predicted octanol–water partition coefficient (Wildman–Crippen LogP) is 4.49. The molecule has 1 N–H and O–H groups in total. The van der Waals surface area contributed by atoms with Crippen molar-refractivity contribution in [1.82, 2.24) is 9.88 Å². The van der Waals surface area contributed by atoms with Gasteiger partial charge in [0.05, 0.1) is 13.2 Å². The van der Waals surface area contributed by atoms with Gasteiger partial charge in [-0.05, 0) is 73.9 Å². The van der Waals surface area contributed by atoms with E-state index in [0.29, 0.717) is 11.8 Å². The lowest BCUT2D eigenvalue weighted by Gasteiger charge is -2.19. The highest BCUT2D eigenvalue weighted by atomic mass is 16.5. The fourth-order valence-corrected chi connectivity index (χ4v) is 4.05. The number of hydrogen-bond donors (Lipinski definition) is 1. The zero-order valence-corrected chi connectivity index (χ0v) is 20.6. The zero-order chi connectivity index (χ0) is 24.8. The molecule has 0 spiro atoms. The van der Waals surface area contributed by atoms with Gasteiger partial charge in [-0.25, -0.2) is 4.79 Å². The normalized spacial score (nSPS) is 14.4. The minimum atomic E-state index is -0.807. The fraction of sp³-hybridized carbons (Fsp3) is 0.444. The van der Waals surface area contributed by atoms with E-state index in [9.17, 15) is 14.9 Å². The number of methoxy groups -OCH3 is 1. The first-order valence-electron chi connectivity index (χ1n) is 11.6. The van der Waals surface area contributed by atoms with Crippen LogP contribution in [0.25, 0.3) is 6.08 Å². The van der Waals surface area contributed by atoms with Crippen molar-refractivity contribution in [2.45, 2.75) is 53.1 Å². The number of aromatic nitrogens is 1. The van der Waals surface area contributed by atoms with Gasteiger partial charge in [0, 0.05) is 17.9 Å². The van der Waals surface area contributed by atoms with Crippen LogP contribution in [0.1, 0.15) is 55.2 Å². The molecule has 7 nitrogen and oxygen atoms in total. The zero-order valence-electron chi connectivity index (χ0n) is 20.6. The first-order valence-corrected chi connectivity index (χ1v) is 11.6. The molecule has 1 aromatic carbocycles. The molecule has 1 aliphatic rings. The lowest BCUT2D eigenvalue weighted by molar-refractivity contribution is -0.144. The Morgan fingerprint density at radius 3 is 2.47 bits per heavy atom. The first-order chi connectivity index (χ1) is 16.2. The van der Waals surface area contributed by atoms with E-state index in [-0.39, 0.29) is 11.6 Å². The van der Waals surface area contributed by atoms with Crippen LogP contribution in [0.5, 0.6) is 5.75 Å². The quantitative estimate of drug-likeness (QED) is 0.318. The number of hydrogen-bond acceptors (Lipinski definition) is 5. The van der Waals surface area contributed by atoms with Gasteiger partial charge in [-0.15, -0.1) is 0 Å². The molecule has 3 rings (SSSR count). The lowest BCUT2D eigenvalue weighted by Crippen LogP contribution is -2.33. The smallest absolute Gasteiger partial charge is 0.349 e. The van der Waals surface area contributed by atoms with Crippen LogP contribution in [-0.2, 0) is 20.9 Å². The summed E-state index contributed by atoms with van der Waals surface area (Å²) in [5.74, 6) is 0.383. The van der Waals surface area contributed by atoms with Gasteiger partial charge in [-0.1, -0.05) is 26.0 Å². The minimum Gasteiger partial charge on any atom is -0.497 e. The standard InChI is InChI=1S/C27H33N3O4/c1-17(2)15-30-18(3)12-22(19(30)4)13-23(14-28)27(32)34-16-25(31)29-26(20-6-7-20)21-8-10-24(33-5)11-9-21/h8-13,17,20,26H,6-7,15-16H2,1-5H3,(H,29,31)/b23-13+. The number of nitrogens with zero attached hydrogens (tertiary/aromatic N) is 2. The van der Waals surface area contributed by atoms with E-state index >= 15 is 0 Å². The summed E-state index contributed by atoms with van der Waals surface area (Å²) >= 11 is 0. The van der Waals surface area contributed by atoms with Crippen LogP contribution >= 0.6 is 0 Å². The number of rotatable bonds is 10. The Morgan fingerprint density at radius 1 is 1.24 bits per heavy atom. The summed E-state index contributed by atoms with van der Waals surface area (Å²) in [4.78, 5) is 25.1. The molecule has 0 bridgehead atoms. The first kappa shape index (κ1) is 25.1. The number of carbonyl (C=O) groups excluding carboxylic acids is 2. The van der Waals surface area contributed by atoms with Gasteiger partial charge in [-0.3, -0.25) is 4.79 Å². The van der Waals surface area contributed by atoms with Crippen molar-refractivity contribution in [3.63, 3.8) is 0 Å². The summed E-state index contributed by atoms with van der Waals surface area (Å²) in [6.07, 6.45) is 3.60. The second kappa shape index (κ2) is 11.1. The van der Waals surface area contributed by atoms with Crippen LogP contribution in [0, 0.1) is 37.0 Å². The maximum absolute atomic E-state index is 12.5. The third-order valence-corrected chi connectivity index (χ3v) is 6.02. The van der Waals surface area contributed by atoms with Crippen molar-refractivity contribution >= 4 is 18.0 Å². The molecule has 0 saturated heterocycles. The molecule has 1 saturated carbocycles. The van der Waals surface area contributed by atoms with Crippen molar-refractivity contribution in [3.05, 3.63) is 58.4 Å². The van der Waals surface area contributed by atoms with E-state index in [4.69, 9.17) is 9.47 Å². The van der Waals surface area contributed by atoms with Gasteiger partial charge in [0.15, 0.2) is 6.61 Å². The van der Waals surface area contributed by atoms with Crippen LogP contribution in [-0.4, -0.2) is 30.2 Å². The van der Waals surface area contributed by atoms with Gasteiger partial charge in [0.25, 0.3) is 5.91 Å². The molecule has 1 aliphatic carbocycles. The minimum absolute atomic E-state index is 0.133. The Bertz CT molecular complexity index is 1100. The van der Waals surface area contributed by atoms with Crippen LogP contribution in [0.4, 0.5) is 0 Å². The van der Waals surface area contributed by atoms with Gasteiger partial charge < -0.3 is 19.4 Å². The number of amides is 1. The Hall–Kier alpha value is -3.53. The van der Waals surface area contributed by atoms with E-state index in [0.717, 1.165) is 47.7 Å². The summed E-state index contributed by atoms with van der Waals surface area (Å²) < 4.78 is 12.5. The summed E-state index contributed by atoms with van der Waals surface area (Å²) in [6, 6.07) is 11.3. The molecule has 180 valence electrons. The van der Waals surface area contributed by atoms with E-state index < -0.39 is 18.5 Å². The Kier molecular flexibility index (Phi) is 8.17. The van der Waals surface area contributed by atoms with Gasteiger partial charge in [0.2, 0.25) is 0 Å². The summed E-state index contributed by atoms with van der Waals surface area (Å²) in [7, 11) is 1.61. The number of carbonyl (C=O) groups is 2. The third kappa shape index (κ3) is 6.28. The molecule has 1 atom stereocenters. The van der Waals surface area contributed by atoms with E-state index in [1.165, 1.54) is 6.08 Å². The largest absolute Gasteiger partial charge is 0.497 e. The lowest BCUT2D eigenvalue weighted by atomic mass is 10.0. The summed E-state index contributed by atoms with van der Waals surface area (Å²) in [5.41, 5.74) is 3.69. The fourth-order valence-electron chi connectivity index (χ4n) is 4.05. The number of aryl methyl sites for hydroxylation is 1. The highest BCUT2D eigenvalue weighted by Crippen LogP contribution is 2.41. The number of ether oxygens (including phenoxy) is 2. The van der Waals surface area contributed by atoms with Crippen LogP contribution in [0.3, 0.4) is 0 Å². The molecule has 1 unspecified atom stereocenters. The van der Waals surface area contributed by atoms with Gasteiger partial charge >= 0.3 is 5.97 Å². The van der Waals surface area contributed by atoms with Crippen molar-refractivity contribution in [1.29, 1.82) is 5.26 Å². The monoisotopic (exact) mass is 463 g/mol. The average Bonchev–Trinajstić information content (AvgIpc) is 3.63. The Labute approximate surface area is 201 Å². The number of benzene rings is 1. The molecule has 0 aliphatic heterocycles. The summed E-state index contributed by atoms with van der Waals surface area (Å²) in [5, 5.41) is 12.5. The average molecular weight is 464 g/mol. The SMILES string of the molecule is COc1ccc(C(NC(=O)COC(=O)/C(C#N)=C/c2cc(C)n(CC(C)C)c2C)C2CC2)cc1. The van der Waals surface area contributed by atoms with E-state index in [2.05, 4.69) is 23.7 Å². The molecule has 34 heavy (non-hydrogen) atoms. The number of nitriles is 1. The molecule has 1 aromatic heterocycles. The predicted molar refractivity (Wildman–Crippen MR) is 130 cm³/mol. The van der Waals surface area contributed by atoms with Crippen molar-refractivity contribution in [2.75, 3.05) is 13.7 Å². The highest BCUT2D eigenvalue weighted by Gasteiger charge is 2.33. The molecule has 1 amide bonds. The second-order valence-corrected chi connectivity index (χ2v) is 9.23. The third-order valence-electron chi connectivity index (χ3n) is 6.02. The number of esters is 1. The Balaban J connectivity index is 1.63. The van der Waals surface area contributed by atoms with Crippen molar-refractivity contribution < 1.29 is 19.1 Å². The number of nitrogens with one attached hydrogen (secondary N) is 1. The molecular weight excluding hydrogens is 430 g/mol. The van der Waals surface area contributed by atoms with Crippen LogP contribution in [0.15, 0.2) is 35.9 Å². The molecule has 7 heteroatoms. The van der Waals surface area contributed by atoms with Gasteiger partial charge in [-0.2, -0.15) is 5.26 Å². The maximum Gasteiger partial charge on any atom is 0.349 e. The van der Waals surface area contributed by atoms with Crippen molar-refractivity contribution in [3.8, 4) is 11.8 Å². The van der Waals surface area contributed by atoms with E-state index in [1.807, 2.05) is 50.2 Å². The van der Waals surface area contributed by atoms with Crippen LogP contribution < -0.4 is 10.1 Å². The van der Waals surface area contributed by atoms with Crippen molar-refractivity contribution in [2.24, 2.45) is 11.8 Å². The summed E-state index contributed by atoms with van der Waals surface area (Å²) in [6.45, 7) is 8.66. The molecule has 2 aromatic rings. The maximum atomic E-state index is 12.5. The van der Waals surface area contributed by atoms with E-state index in [1.54, 1.807) is 7.11 Å². The molecule has 0 radical (unpaired) electrons. The molecular formula is C27H33N3O4. The molecule has 1 heterocycles. The van der Waals surface area contributed by atoms with Crippen LogP contribution in [0.2, 0.25) is 0 Å². The molecule has 1 fully saturated rings.